The van der Waals surface area contributed by atoms with Crippen LogP contribution in [-0.2, 0) is 26.6 Å². The molecule has 10 nitrogen and oxygen atoms in total. The zero-order chi connectivity index (χ0) is 30.2. The van der Waals surface area contributed by atoms with Crippen molar-refractivity contribution in [2.24, 2.45) is 0 Å². The van der Waals surface area contributed by atoms with Crippen molar-refractivity contribution in [3.05, 3.63) is 71.9 Å². The van der Waals surface area contributed by atoms with Crippen LogP contribution in [0.15, 0.2) is 60.0 Å². The molecule has 1 aromatic carbocycles. The van der Waals surface area contributed by atoms with E-state index >= 15 is 0 Å². The second-order valence-electron chi connectivity index (χ2n) is 9.56. The molecule has 3 atom stereocenters. The van der Waals surface area contributed by atoms with Gasteiger partial charge in [0.05, 0.1) is 29.0 Å². The molecule has 0 bridgehead atoms. The number of nitrogens with zero attached hydrogens (tertiary/aromatic N) is 4. The molecule has 0 radical (unpaired) electrons. The third-order valence-electron chi connectivity index (χ3n) is 6.72. The van der Waals surface area contributed by atoms with Gasteiger partial charge in [-0.2, -0.15) is 13.2 Å². The van der Waals surface area contributed by atoms with E-state index in [1.54, 1.807) is 6.07 Å². The Morgan fingerprint density at radius 1 is 1.15 bits per heavy atom. The number of aromatic nitrogens is 3. The summed E-state index contributed by atoms with van der Waals surface area (Å²) in [6.07, 6.45) is 1.05. The van der Waals surface area contributed by atoms with E-state index in [4.69, 9.17) is 19.4 Å². The molecule has 3 aromatic rings. The van der Waals surface area contributed by atoms with Crippen LogP contribution in [0.3, 0.4) is 0 Å². The van der Waals surface area contributed by atoms with E-state index in [0.717, 1.165) is 6.07 Å². The third-order valence-corrected chi connectivity index (χ3v) is 8.34. The fourth-order valence-electron chi connectivity index (χ4n) is 4.72. The number of carboxylic acid groups (broad SMARTS) is 1. The van der Waals surface area contributed by atoms with Gasteiger partial charge in [-0.05, 0) is 57.0 Å². The monoisotopic (exact) mass is 596 g/mol. The number of likely N-dealkylation sites (N-methyl/N-ethyl adjacent to an activating group) is 1. The molecule has 1 saturated carbocycles. The van der Waals surface area contributed by atoms with E-state index in [-0.39, 0.29) is 46.8 Å². The summed E-state index contributed by atoms with van der Waals surface area (Å²) in [7, 11) is 1.44. The first kappa shape index (κ1) is 31.7. The lowest BCUT2D eigenvalue weighted by Crippen LogP contribution is -2.46. The highest BCUT2D eigenvalue weighted by Crippen LogP contribution is 2.39. The van der Waals surface area contributed by atoms with Crippen molar-refractivity contribution in [2.45, 2.75) is 54.2 Å². The number of alkyl halides is 3. The van der Waals surface area contributed by atoms with Crippen molar-refractivity contribution in [1.29, 1.82) is 0 Å². The molecule has 1 aliphatic rings. The Kier molecular flexibility index (Phi) is 10.6. The topological polar surface area (TPSA) is 132 Å². The lowest BCUT2D eigenvalue weighted by Gasteiger charge is -2.39. The molecule has 4 rings (SSSR count). The highest BCUT2D eigenvalue weighted by atomic mass is 32.2. The summed E-state index contributed by atoms with van der Waals surface area (Å²) in [4.78, 5) is 22.3. The van der Waals surface area contributed by atoms with Crippen LogP contribution in [0.2, 0.25) is 0 Å². The van der Waals surface area contributed by atoms with Gasteiger partial charge in [0.1, 0.15) is 12.4 Å². The minimum absolute atomic E-state index is 0.0299. The molecule has 0 amide bonds. The van der Waals surface area contributed by atoms with Crippen molar-refractivity contribution in [2.75, 3.05) is 21.2 Å². The molecule has 222 valence electrons. The Labute approximate surface area is 236 Å². The maximum atomic E-state index is 13.2. The molecule has 14 heteroatoms. The lowest BCUT2D eigenvalue weighted by atomic mass is 9.79. The van der Waals surface area contributed by atoms with Crippen molar-refractivity contribution >= 4 is 16.3 Å². The fraction of sp³-hybridized carbons (Fsp3) is 0.407. The van der Waals surface area contributed by atoms with Gasteiger partial charge in [0.15, 0.2) is 15.6 Å². The lowest BCUT2D eigenvalue weighted by molar-refractivity contribution is -0.137. The van der Waals surface area contributed by atoms with Gasteiger partial charge in [0.25, 0.3) is 12.4 Å². The van der Waals surface area contributed by atoms with Gasteiger partial charge in [-0.3, -0.25) is 4.79 Å². The predicted octanol–water partition coefficient (Wildman–Crippen LogP) is 4.22. The van der Waals surface area contributed by atoms with Crippen molar-refractivity contribution < 1.29 is 41.0 Å². The second-order valence-corrected chi connectivity index (χ2v) is 11.6. The van der Waals surface area contributed by atoms with E-state index in [1.807, 2.05) is 19.0 Å². The van der Waals surface area contributed by atoms with Crippen LogP contribution < -0.4 is 9.47 Å². The Bertz CT molecular complexity index is 1410. The number of benzene rings is 1. The van der Waals surface area contributed by atoms with Crippen molar-refractivity contribution in [3.63, 3.8) is 0 Å². The Balaban J connectivity index is 0.00000147. The minimum atomic E-state index is -4.39. The van der Waals surface area contributed by atoms with E-state index in [9.17, 15) is 21.6 Å². The van der Waals surface area contributed by atoms with Gasteiger partial charge in [-0.15, -0.1) is 0 Å². The zero-order valence-corrected chi connectivity index (χ0v) is 23.5. The number of ether oxygens (including phenoxy) is 2. The summed E-state index contributed by atoms with van der Waals surface area (Å²) in [6, 6.07) is 8.27. The van der Waals surface area contributed by atoms with E-state index in [0.29, 0.717) is 30.5 Å². The van der Waals surface area contributed by atoms with Gasteiger partial charge >= 0.3 is 6.18 Å². The molecular weight excluding hydrogens is 565 g/mol. The number of sulfone groups is 1. The molecule has 2 aromatic heterocycles. The summed E-state index contributed by atoms with van der Waals surface area (Å²) in [5.41, 5.74) is 0.350. The largest absolute Gasteiger partial charge is 0.491 e. The summed E-state index contributed by atoms with van der Waals surface area (Å²) in [6.45, 7) is -0.250. The molecule has 1 fully saturated rings. The molecular formula is C27H31F3N4O6S. The molecule has 2 heterocycles. The molecule has 1 aliphatic carbocycles. The van der Waals surface area contributed by atoms with Gasteiger partial charge < -0.3 is 19.5 Å². The van der Waals surface area contributed by atoms with Crippen LogP contribution in [0.1, 0.15) is 42.0 Å². The van der Waals surface area contributed by atoms with Gasteiger partial charge in [0.2, 0.25) is 0 Å². The summed E-state index contributed by atoms with van der Waals surface area (Å²) in [5, 5.41) is 6.89. The van der Waals surface area contributed by atoms with Crippen LogP contribution in [0.4, 0.5) is 13.2 Å². The second kappa shape index (κ2) is 13.7. The van der Waals surface area contributed by atoms with E-state index in [1.165, 1.54) is 50.1 Å². The maximum Gasteiger partial charge on any atom is 0.416 e. The first-order chi connectivity index (χ1) is 19.4. The summed E-state index contributed by atoms with van der Waals surface area (Å²) >= 11 is 0. The first-order valence-electron chi connectivity index (χ1n) is 12.5. The Morgan fingerprint density at radius 2 is 1.88 bits per heavy atom. The van der Waals surface area contributed by atoms with Crippen LogP contribution in [-0.4, -0.2) is 73.2 Å². The molecule has 0 spiro atoms. The maximum absolute atomic E-state index is 13.2. The summed E-state index contributed by atoms with van der Waals surface area (Å²) < 4.78 is 77.1. The number of halogens is 3. The number of rotatable bonds is 8. The average Bonchev–Trinajstić information content (AvgIpc) is 2.93. The molecule has 0 saturated heterocycles. The summed E-state index contributed by atoms with van der Waals surface area (Å²) in [5.74, 6) is -0.0501. The number of methoxy groups -OCH3 is 1. The van der Waals surface area contributed by atoms with Crippen molar-refractivity contribution in [3.8, 4) is 11.6 Å². The van der Waals surface area contributed by atoms with Gasteiger partial charge in [-0.1, -0.05) is 18.2 Å². The Morgan fingerprint density at radius 3 is 2.49 bits per heavy atom. The minimum Gasteiger partial charge on any atom is -0.491 e. The normalized spacial score (nSPS) is 19.1. The van der Waals surface area contributed by atoms with E-state index in [2.05, 4.69) is 15.0 Å². The van der Waals surface area contributed by atoms with Crippen LogP contribution in [0.5, 0.6) is 11.6 Å². The van der Waals surface area contributed by atoms with Gasteiger partial charge in [-0.25, -0.2) is 23.4 Å². The SMILES string of the molecule is COc1cc(S(=O)(=O)Cc2ccncn2)cnc1O[C@H]1CC[C@H](c2cccc(C(F)(F)F)c2)C[C@@H]1N(C)C.O=CO. The quantitative estimate of drug-likeness (QED) is 0.377. The van der Waals surface area contributed by atoms with Gasteiger partial charge in [0, 0.05) is 24.5 Å². The molecule has 0 aliphatic heterocycles. The smallest absolute Gasteiger partial charge is 0.416 e. The van der Waals surface area contributed by atoms with Crippen molar-refractivity contribution in [1.82, 2.24) is 19.9 Å². The molecule has 1 N–H and O–H groups in total. The first-order valence-corrected chi connectivity index (χ1v) is 14.1. The van der Waals surface area contributed by atoms with E-state index < -0.39 is 21.6 Å². The fourth-order valence-corrected chi connectivity index (χ4v) is 5.94. The average molecular weight is 597 g/mol. The third kappa shape index (κ3) is 8.36. The standard InChI is InChI=1S/C26H29F3N4O4S.CH2O2/c1-33(2)22-12-18(17-5-4-6-19(11-17)26(27,28)29)7-8-23(22)37-25-24(36-3)13-21(14-31-25)38(34,35)15-20-9-10-30-16-32-20;2-1-3/h4-6,9-11,13-14,16,18,22-23H,7-8,12,15H2,1-3H3;1H,(H,2,3)/t18-,22-,23-;/m0./s1. The number of pyridine rings is 1. The van der Waals surface area contributed by atoms with Crippen LogP contribution in [0, 0.1) is 0 Å². The molecule has 41 heavy (non-hydrogen) atoms. The zero-order valence-electron chi connectivity index (χ0n) is 22.7. The number of carbonyl (C=O) groups is 1. The predicted molar refractivity (Wildman–Crippen MR) is 142 cm³/mol. The number of hydrogen-bond acceptors (Lipinski definition) is 9. The highest BCUT2D eigenvalue weighted by molar-refractivity contribution is 7.90. The van der Waals surface area contributed by atoms with Crippen LogP contribution >= 0.6 is 0 Å². The molecule has 0 unspecified atom stereocenters. The highest BCUT2D eigenvalue weighted by Gasteiger charge is 2.36. The Hall–Kier alpha value is -3.78. The van der Waals surface area contributed by atoms with Crippen LogP contribution in [0.25, 0.3) is 0 Å². The number of hydrogen-bond donors (Lipinski definition) is 1.